The summed E-state index contributed by atoms with van der Waals surface area (Å²) in [7, 11) is -3.20. The second-order valence-electron chi connectivity index (χ2n) is 4.62. The lowest BCUT2D eigenvalue weighted by molar-refractivity contribution is 0.0697. The third-order valence-corrected chi connectivity index (χ3v) is 5.47. The van der Waals surface area contributed by atoms with Gasteiger partial charge in [0, 0.05) is 13.2 Å². The van der Waals surface area contributed by atoms with Crippen LogP contribution >= 0.6 is 0 Å². The molecule has 1 aromatic carbocycles. The molecule has 0 radical (unpaired) electrons. The van der Waals surface area contributed by atoms with Crippen LogP contribution in [0.3, 0.4) is 0 Å². The van der Waals surface area contributed by atoms with E-state index in [1.807, 2.05) is 0 Å². The average molecular weight is 284 g/mol. The molecule has 19 heavy (non-hydrogen) atoms. The van der Waals surface area contributed by atoms with Gasteiger partial charge in [-0.05, 0) is 30.5 Å². The Bertz CT molecular complexity index is 541. The Labute approximate surface area is 112 Å². The normalized spacial score (nSPS) is 17.3. The zero-order valence-electron chi connectivity index (χ0n) is 10.4. The van der Waals surface area contributed by atoms with E-state index in [1.54, 1.807) is 12.1 Å². The maximum Gasteiger partial charge on any atom is 0.335 e. The number of carboxylic acid groups (broad SMARTS) is 1. The Hall–Kier alpha value is -1.40. The number of aromatic carboxylic acids is 1. The van der Waals surface area contributed by atoms with Crippen LogP contribution in [0, 0.1) is 0 Å². The summed E-state index contributed by atoms with van der Waals surface area (Å²) in [6, 6.07) is 5.97. The second kappa shape index (κ2) is 5.71. The lowest BCUT2D eigenvalue weighted by Gasteiger charge is -2.22. The maximum absolute atomic E-state index is 12.2. The molecule has 0 bridgehead atoms. The van der Waals surface area contributed by atoms with Gasteiger partial charge in [-0.2, -0.15) is 0 Å². The first-order valence-corrected chi connectivity index (χ1v) is 7.82. The Morgan fingerprint density at radius 3 is 2.32 bits per heavy atom. The van der Waals surface area contributed by atoms with Crippen molar-refractivity contribution in [2.75, 3.05) is 13.2 Å². The van der Waals surface area contributed by atoms with Crippen LogP contribution in [0.1, 0.15) is 28.8 Å². The first-order valence-electron chi connectivity index (χ1n) is 6.10. The number of hydrogen-bond donors (Lipinski definition) is 1. The summed E-state index contributed by atoms with van der Waals surface area (Å²) in [5.41, 5.74) is 0.781. The highest BCUT2D eigenvalue weighted by Gasteiger charge is 2.27. The quantitative estimate of drug-likeness (QED) is 0.905. The predicted octanol–water partition coefficient (Wildman–Crippen LogP) is 1.48. The molecule has 1 N–H and O–H groups in total. The highest BCUT2D eigenvalue weighted by atomic mass is 32.2. The molecule has 6 heteroatoms. The van der Waals surface area contributed by atoms with Crippen molar-refractivity contribution in [3.63, 3.8) is 0 Å². The van der Waals surface area contributed by atoms with Crippen LogP contribution in [0.25, 0.3) is 0 Å². The van der Waals surface area contributed by atoms with E-state index in [4.69, 9.17) is 9.84 Å². The van der Waals surface area contributed by atoms with E-state index in [-0.39, 0.29) is 16.6 Å². The van der Waals surface area contributed by atoms with E-state index in [0.717, 1.165) is 0 Å². The molecule has 104 valence electrons. The molecule has 0 aliphatic carbocycles. The van der Waals surface area contributed by atoms with Crippen molar-refractivity contribution < 1.29 is 23.1 Å². The molecular weight excluding hydrogens is 268 g/mol. The third-order valence-electron chi connectivity index (χ3n) is 3.24. The van der Waals surface area contributed by atoms with Gasteiger partial charge in [-0.1, -0.05) is 12.1 Å². The zero-order chi connectivity index (χ0) is 13.9. The lowest BCUT2D eigenvalue weighted by Crippen LogP contribution is -2.29. The summed E-state index contributed by atoms with van der Waals surface area (Å²) in [4.78, 5) is 10.7. The molecule has 0 atom stereocenters. The molecule has 2 rings (SSSR count). The van der Waals surface area contributed by atoms with Gasteiger partial charge in [0.1, 0.15) is 0 Å². The molecule has 0 aromatic heterocycles. The fourth-order valence-corrected chi connectivity index (χ4v) is 3.93. The number of ether oxygens (including phenoxy) is 1. The lowest BCUT2D eigenvalue weighted by atomic mass is 10.1. The van der Waals surface area contributed by atoms with Gasteiger partial charge < -0.3 is 9.84 Å². The van der Waals surface area contributed by atoms with Gasteiger partial charge in [0.25, 0.3) is 0 Å². The smallest absolute Gasteiger partial charge is 0.335 e. The Morgan fingerprint density at radius 2 is 1.79 bits per heavy atom. The highest BCUT2D eigenvalue weighted by Crippen LogP contribution is 2.20. The average Bonchev–Trinajstić information content (AvgIpc) is 2.40. The molecule has 0 saturated carbocycles. The van der Waals surface area contributed by atoms with E-state index >= 15 is 0 Å². The minimum atomic E-state index is -3.20. The zero-order valence-corrected chi connectivity index (χ0v) is 11.2. The summed E-state index contributed by atoms with van der Waals surface area (Å²) in [5.74, 6) is -1.06. The van der Waals surface area contributed by atoms with Crippen molar-refractivity contribution in [3.05, 3.63) is 35.4 Å². The molecule has 0 amide bonds. The van der Waals surface area contributed by atoms with Crippen LogP contribution in [0.4, 0.5) is 0 Å². The SMILES string of the molecule is O=C(O)c1ccc(CS(=O)(=O)C2CCOCC2)cc1. The number of hydrogen-bond acceptors (Lipinski definition) is 4. The van der Waals surface area contributed by atoms with Crippen LogP contribution in [0.15, 0.2) is 24.3 Å². The second-order valence-corrected chi connectivity index (χ2v) is 6.90. The molecule has 0 unspecified atom stereocenters. The van der Waals surface area contributed by atoms with E-state index in [2.05, 4.69) is 0 Å². The summed E-state index contributed by atoms with van der Waals surface area (Å²) >= 11 is 0. The number of carboxylic acids is 1. The summed E-state index contributed by atoms with van der Waals surface area (Å²) < 4.78 is 29.6. The van der Waals surface area contributed by atoms with Crippen molar-refractivity contribution >= 4 is 15.8 Å². The molecule has 1 heterocycles. The predicted molar refractivity (Wildman–Crippen MR) is 69.9 cm³/mol. The fraction of sp³-hybridized carbons (Fsp3) is 0.462. The van der Waals surface area contributed by atoms with Crippen molar-refractivity contribution in [1.29, 1.82) is 0 Å². The van der Waals surface area contributed by atoms with Crippen LogP contribution in [0.5, 0.6) is 0 Å². The van der Waals surface area contributed by atoms with Crippen LogP contribution < -0.4 is 0 Å². The fourth-order valence-electron chi connectivity index (χ4n) is 2.13. The van der Waals surface area contributed by atoms with Gasteiger partial charge in [-0.25, -0.2) is 13.2 Å². The van der Waals surface area contributed by atoms with Gasteiger partial charge in [-0.15, -0.1) is 0 Å². The number of benzene rings is 1. The minimum absolute atomic E-state index is 0.0441. The van der Waals surface area contributed by atoms with Crippen molar-refractivity contribution in [3.8, 4) is 0 Å². The van der Waals surface area contributed by atoms with Crippen molar-refractivity contribution in [1.82, 2.24) is 0 Å². The standard InChI is InChI=1S/C13H16O5S/c14-13(15)11-3-1-10(2-4-11)9-19(16,17)12-5-7-18-8-6-12/h1-4,12H,5-9H2,(H,14,15). The summed E-state index contributed by atoms with van der Waals surface area (Å²) in [6.45, 7) is 0.976. The molecule has 1 saturated heterocycles. The molecule has 5 nitrogen and oxygen atoms in total. The Kier molecular flexibility index (Phi) is 4.21. The number of carbonyl (C=O) groups is 1. The topological polar surface area (TPSA) is 80.7 Å². The number of rotatable bonds is 4. The molecule has 0 spiro atoms. The molecule has 1 aliphatic rings. The third kappa shape index (κ3) is 3.54. The van der Waals surface area contributed by atoms with Gasteiger partial charge in [0.15, 0.2) is 9.84 Å². The first-order chi connectivity index (χ1) is 8.99. The largest absolute Gasteiger partial charge is 0.478 e. The van der Waals surface area contributed by atoms with Crippen LogP contribution in [-0.4, -0.2) is 38.0 Å². The van der Waals surface area contributed by atoms with E-state index in [1.165, 1.54) is 12.1 Å². The molecule has 1 aliphatic heterocycles. The van der Waals surface area contributed by atoms with Crippen molar-refractivity contribution in [2.24, 2.45) is 0 Å². The number of sulfone groups is 1. The van der Waals surface area contributed by atoms with Gasteiger partial charge >= 0.3 is 5.97 Å². The van der Waals surface area contributed by atoms with Gasteiger partial charge in [-0.3, -0.25) is 0 Å². The van der Waals surface area contributed by atoms with E-state index in [0.29, 0.717) is 31.6 Å². The van der Waals surface area contributed by atoms with Crippen LogP contribution in [0.2, 0.25) is 0 Å². The van der Waals surface area contributed by atoms with Gasteiger partial charge in [0.05, 0.1) is 16.6 Å². The Morgan fingerprint density at radius 1 is 1.21 bits per heavy atom. The van der Waals surface area contributed by atoms with E-state index in [9.17, 15) is 13.2 Å². The monoisotopic (exact) mass is 284 g/mol. The summed E-state index contributed by atoms with van der Waals surface area (Å²) in [6.07, 6.45) is 1.07. The maximum atomic E-state index is 12.2. The highest BCUT2D eigenvalue weighted by molar-refractivity contribution is 7.91. The van der Waals surface area contributed by atoms with Gasteiger partial charge in [0.2, 0.25) is 0 Å². The molecular formula is C13H16O5S. The van der Waals surface area contributed by atoms with Crippen LogP contribution in [-0.2, 0) is 20.3 Å². The molecule has 1 aromatic rings. The Balaban J connectivity index is 2.09. The van der Waals surface area contributed by atoms with E-state index < -0.39 is 15.8 Å². The summed E-state index contributed by atoms with van der Waals surface area (Å²) in [5, 5.41) is 8.43. The minimum Gasteiger partial charge on any atom is -0.478 e. The van der Waals surface area contributed by atoms with Crippen molar-refractivity contribution in [2.45, 2.75) is 23.8 Å². The first kappa shape index (κ1) is 14.0. The molecule has 1 fully saturated rings.